The molecule has 2 rings (SSSR count). The number of aryl methyl sites for hydroxylation is 1. The predicted octanol–water partition coefficient (Wildman–Crippen LogP) is 4.57. The standard InChI is InChI=1S/C15H16ClN/c1-11-4-3-5-15(12(11)2)17-10-13-6-8-14(16)9-7-13/h3-9,17H,10H2,1-2H3. The largest absolute Gasteiger partial charge is 0.381 e. The van der Waals surface area contributed by atoms with E-state index in [1.165, 1.54) is 22.4 Å². The van der Waals surface area contributed by atoms with Crippen molar-refractivity contribution < 1.29 is 0 Å². The first-order valence-corrected chi connectivity index (χ1v) is 6.09. The first kappa shape index (κ1) is 12.0. The Morgan fingerprint density at radius 1 is 1.00 bits per heavy atom. The second-order valence-electron chi connectivity index (χ2n) is 4.23. The molecule has 0 aromatic heterocycles. The lowest BCUT2D eigenvalue weighted by molar-refractivity contribution is 1.13. The van der Waals surface area contributed by atoms with Crippen LogP contribution in [0.3, 0.4) is 0 Å². The van der Waals surface area contributed by atoms with Crippen molar-refractivity contribution in [1.29, 1.82) is 0 Å². The summed E-state index contributed by atoms with van der Waals surface area (Å²) in [6.07, 6.45) is 0. The lowest BCUT2D eigenvalue weighted by Crippen LogP contribution is -2.01. The number of rotatable bonds is 3. The van der Waals surface area contributed by atoms with Crippen LogP contribution in [0.5, 0.6) is 0 Å². The summed E-state index contributed by atoms with van der Waals surface area (Å²) in [5.41, 5.74) is 5.04. The van der Waals surface area contributed by atoms with E-state index in [9.17, 15) is 0 Å². The summed E-state index contributed by atoms with van der Waals surface area (Å²) in [4.78, 5) is 0. The third-order valence-electron chi connectivity index (χ3n) is 3.00. The average molecular weight is 246 g/mol. The molecule has 0 radical (unpaired) electrons. The molecule has 2 aromatic carbocycles. The second kappa shape index (κ2) is 5.24. The number of halogens is 1. The number of nitrogens with one attached hydrogen (secondary N) is 1. The Bertz CT molecular complexity index is 503. The van der Waals surface area contributed by atoms with Gasteiger partial charge in [0, 0.05) is 17.3 Å². The summed E-state index contributed by atoms with van der Waals surface area (Å²) < 4.78 is 0. The molecule has 17 heavy (non-hydrogen) atoms. The quantitative estimate of drug-likeness (QED) is 0.835. The summed E-state index contributed by atoms with van der Waals surface area (Å²) >= 11 is 5.85. The van der Waals surface area contributed by atoms with Gasteiger partial charge in [0.2, 0.25) is 0 Å². The zero-order valence-electron chi connectivity index (χ0n) is 10.1. The summed E-state index contributed by atoms with van der Waals surface area (Å²) in [7, 11) is 0. The molecule has 0 saturated heterocycles. The predicted molar refractivity (Wildman–Crippen MR) is 74.7 cm³/mol. The maximum atomic E-state index is 5.85. The normalized spacial score (nSPS) is 10.3. The summed E-state index contributed by atoms with van der Waals surface area (Å²) in [5.74, 6) is 0. The van der Waals surface area contributed by atoms with E-state index >= 15 is 0 Å². The molecule has 0 bridgehead atoms. The van der Waals surface area contributed by atoms with Crippen molar-refractivity contribution in [2.75, 3.05) is 5.32 Å². The van der Waals surface area contributed by atoms with Crippen molar-refractivity contribution in [3.8, 4) is 0 Å². The van der Waals surface area contributed by atoms with Gasteiger partial charge in [0.25, 0.3) is 0 Å². The highest BCUT2D eigenvalue weighted by Crippen LogP contribution is 2.19. The molecule has 2 heteroatoms. The van der Waals surface area contributed by atoms with Gasteiger partial charge in [-0.25, -0.2) is 0 Å². The van der Waals surface area contributed by atoms with Gasteiger partial charge >= 0.3 is 0 Å². The smallest absolute Gasteiger partial charge is 0.0406 e. The molecule has 0 heterocycles. The molecule has 1 N–H and O–H groups in total. The van der Waals surface area contributed by atoms with E-state index in [0.29, 0.717) is 0 Å². The fraction of sp³-hybridized carbons (Fsp3) is 0.200. The van der Waals surface area contributed by atoms with Gasteiger partial charge in [-0.3, -0.25) is 0 Å². The molecule has 0 atom stereocenters. The van der Waals surface area contributed by atoms with E-state index in [1.807, 2.05) is 24.3 Å². The SMILES string of the molecule is Cc1cccc(NCc2ccc(Cl)cc2)c1C. The van der Waals surface area contributed by atoms with Crippen LogP contribution in [0.1, 0.15) is 16.7 Å². The minimum atomic E-state index is 0.778. The molecular weight excluding hydrogens is 230 g/mol. The molecule has 0 fully saturated rings. The topological polar surface area (TPSA) is 12.0 Å². The van der Waals surface area contributed by atoms with Gasteiger partial charge in [0.15, 0.2) is 0 Å². The van der Waals surface area contributed by atoms with Crippen LogP contribution in [-0.4, -0.2) is 0 Å². The van der Waals surface area contributed by atoms with Crippen LogP contribution in [0.2, 0.25) is 5.02 Å². The molecule has 0 amide bonds. The lowest BCUT2D eigenvalue weighted by Gasteiger charge is -2.11. The van der Waals surface area contributed by atoms with E-state index in [0.717, 1.165) is 11.6 Å². The van der Waals surface area contributed by atoms with Gasteiger partial charge in [0.1, 0.15) is 0 Å². The Kier molecular flexibility index (Phi) is 3.70. The van der Waals surface area contributed by atoms with Gasteiger partial charge in [-0.15, -0.1) is 0 Å². The average Bonchev–Trinajstić information content (AvgIpc) is 2.33. The maximum absolute atomic E-state index is 5.85. The van der Waals surface area contributed by atoms with Gasteiger partial charge in [-0.1, -0.05) is 35.9 Å². The molecule has 1 nitrogen and oxygen atoms in total. The fourth-order valence-electron chi connectivity index (χ4n) is 1.74. The van der Waals surface area contributed by atoms with E-state index in [4.69, 9.17) is 11.6 Å². The van der Waals surface area contributed by atoms with E-state index in [-0.39, 0.29) is 0 Å². The molecule has 88 valence electrons. The molecular formula is C15H16ClN. The molecule has 0 spiro atoms. The third-order valence-corrected chi connectivity index (χ3v) is 3.25. The van der Waals surface area contributed by atoms with Crippen LogP contribution < -0.4 is 5.32 Å². The fourth-order valence-corrected chi connectivity index (χ4v) is 1.87. The van der Waals surface area contributed by atoms with Crippen molar-refractivity contribution in [1.82, 2.24) is 0 Å². The van der Waals surface area contributed by atoms with Gasteiger partial charge in [-0.2, -0.15) is 0 Å². The monoisotopic (exact) mass is 245 g/mol. The van der Waals surface area contributed by atoms with Crippen LogP contribution in [0.25, 0.3) is 0 Å². The Morgan fingerprint density at radius 3 is 2.41 bits per heavy atom. The number of anilines is 1. The van der Waals surface area contributed by atoms with Crippen LogP contribution in [-0.2, 0) is 6.54 Å². The minimum absolute atomic E-state index is 0.778. The second-order valence-corrected chi connectivity index (χ2v) is 4.66. The van der Waals surface area contributed by atoms with Gasteiger partial charge in [-0.05, 0) is 48.7 Å². The van der Waals surface area contributed by atoms with Gasteiger partial charge < -0.3 is 5.32 Å². The molecule has 0 aliphatic carbocycles. The van der Waals surface area contributed by atoms with Crippen molar-refractivity contribution in [2.45, 2.75) is 20.4 Å². The summed E-state index contributed by atoms with van der Waals surface area (Å²) in [6, 6.07) is 14.2. The van der Waals surface area contributed by atoms with E-state index in [1.54, 1.807) is 0 Å². The number of hydrogen-bond acceptors (Lipinski definition) is 1. The Hall–Kier alpha value is -1.47. The first-order valence-electron chi connectivity index (χ1n) is 5.71. The Balaban J connectivity index is 2.07. The van der Waals surface area contributed by atoms with Crippen LogP contribution in [0.4, 0.5) is 5.69 Å². The van der Waals surface area contributed by atoms with Crippen molar-refractivity contribution in [3.63, 3.8) is 0 Å². The number of hydrogen-bond donors (Lipinski definition) is 1. The molecule has 2 aromatic rings. The summed E-state index contributed by atoms with van der Waals surface area (Å²) in [5, 5.41) is 4.22. The molecule has 0 unspecified atom stereocenters. The summed E-state index contributed by atoms with van der Waals surface area (Å²) in [6.45, 7) is 5.09. The van der Waals surface area contributed by atoms with Crippen molar-refractivity contribution >= 4 is 17.3 Å². The van der Waals surface area contributed by atoms with E-state index < -0.39 is 0 Å². The Labute approximate surface area is 107 Å². The number of benzene rings is 2. The maximum Gasteiger partial charge on any atom is 0.0406 e. The Morgan fingerprint density at radius 2 is 1.71 bits per heavy atom. The van der Waals surface area contributed by atoms with Crippen molar-refractivity contribution in [2.24, 2.45) is 0 Å². The molecule has 0 saturated carbocycles. The zero-order chi connectivity index (χ0) is 12.3. The molecule has 0 aliphatic heterocycles. The van der Waals surface area contributed by atoms with Crippen LogP contribution >= 0.6 is 11.6 Å². The van der Waals surface area contributed by atoms with E-state index in [2.05, 4.69) is 37.4 Å². The highest BCUT2D eigenvalue weighted by molar-refractivity contribution is 6.30. The third kappa shape index (κ3) is 3.01. The van der Waals surface area contributed by atoms with Crippen LogP contribution in [0, 0.1) is 13.8 Å². The van der Waals surface area contributed by atoms with Crippen LogP contribution in [0.15, 0.2) is 42.5 Å². The lowest BCUT2D eigenvalue weighted by atomic mass is 10.1. The zero-order valence-corrected chi connectivity index (χ0v) is 10.9. The first-order chi connectivity index (χ1) is 8.16. The molecule has 0 aliphatic rings. The van der Waals surface area contributed by atoms with Gasteiger partial charge in [0.05, 0.1) is 0 Å². The van der Waals surface area contributed by atoms with Crippen molar-refractivity contribution in [3.05, 3.63) is 64.2 Å². The highest BCUT2D eigenvalue weighted by atomic mass is 35.5. The highest BCUT2D eigenvalue weighted by Gasteiger charge is 2.00. The minimum Gasteiger partial charge on any atom is -0.381 e.